The summed E-state index contributed by atoms with van der Waals surface area (Å²) in [6.45, 7) is 6.60. The number of esters is 3. The number of carbonyl (C=O) groups excluding carboxylic acids is 3. The van der Waals surface area contributed by atoms with E-state index in [-0.39, 0.29) is 31.1 Å². The van der Waals surface area contributed by atoms with Gasteiger partial charge in [-0.15, -0.1) is 0 Å². The molecule has 0 bridgehead atoms. The SMILES string of the molecule is CC/C=C\C/C=C\C/C=C\C/C=C\CCCCCCCCC(=O)OC(COC(=O)CCCCCCCCCCCCCCCCCC)COC(=O)CCCCCCCCCCCCCCCCCCCCCCCCCCCCCCCC. The summed E-state index contributed by atoms with van der Waals surface area (Å²) >= 11 is 0. The summed E-state index contributed by atoms with van der Waals surface area (Å²) in [5.74, 6) is -0.857. The fourth-order valence-corrected chi connectivity index (χ4v) is 11.3. The summed E-state index contributed by atoms with van der Waals surface area (Å²) in [5.41, 5.74) is 0. The zero-order chi connectivity index (χ0) is 59.9. The molecule has 0 spiro atoms. The highest BCUT2D eigenvalue weighted by atomic mass is 16.6. The van der Waals surface area contributed by atoms with Gasteiger partial charge in [-0.1, -0.05) is 378 Å². The van der Waals surface area contributed by atoms with Crippen LogP contribution < -0.4 is 0 Å². The van der Waals surface area contributed by atoms with Crippen molar-refractivity contribution in [3.05, 3.63) is 48.6 Å². The van der Waals surface area contributed by atoms with E-state index in [1.165, 1.54) is 270 Å². The van der Waals surface area contributed by atoms with Crippen molar-refractivity contribution in [1.29, 1.82) is 0 Å². The first-order chi connectivity index (χ1) is 41.0. The number of ether oxygens (including phenoxy) is 3. The summed E-state index contributed by atoms with van der Waals surface area (Å²) in [6.07, 6.45) is 91.6. The third-order valence-electron chi connectivity index (χ3n) is 16.8. The topological polar surface area (TPSA) is 78.9 Å². The van der Waals surface area contributed by atoms with Gasteiger partial charge < -0.3 is 14.2 Å². The first kappa shape index (κ1) is 80.4. The van der Waals surface area contributed by atoms with Crippen LogP contribution in [0.1, 0.15) is 406 Å². The first-order valence-corrected chi connectivity index (χ1v) is 37.1. The Labute approximate surface area is 518 Å². The quantitative estimate of drug-likeness (QED) is 0.0261. The largest absolute Gasteiger partial charge is 0.462 e. The Hall–Kier alpha value is -2.63. The summed E-state index contributed by atoms with van der Waals surface area (Å²) in [6, 6.07) is 0. The van der Waals surface area contributed by atoms with E-state index in [2.05, 4.69) is 69.4 Å². The number of allylic oxidation sites excluding steroid dienone is 8. The maximum atomic E-state index is 13.0. The molecule has 486 valence electrons. The van der Waals surface area contributed by atoms with Crippen LogP contribution in [0.3, 0.4) is 0 Å². The summed E-state index contributed by atoms with van der Waals surface area (Å²) < 4.78 is 17.0. The van der Waals surface area contributed by atoms with Gasteiger partial charge in [0, 0.05) is 19.3 Å². The molecule has 1 atom stereocenters. The van der Waals surface area contributed by atoms with Crippen LogP contribution in [0.5, 0.6) is 0 Å². The molecule has 0 aliphatic carbocycles. The molecule has 1 unspecified atom stereocenters. The smallest absolute Gasteiger partial charge is 0.306 e. The third kappa shape index (κ3) is 70.0. The van der Waals surface area contributed by atoms with Crippen LogP contribution in [-0.4, -0.2) is 37.2 Å². The highest BCUT2D eigenvalue weighted by Crippen LogP contribution is 2.19. The maximum absolute atomic E-state index is 13.0. The molecule has 0 heterocycles. The van der Waals surface area contributed by atoms with E-state index >= 15 is 0 Å². The lowest BCUT2D eigenvalue weighted by atomic mass is 10.0. The normalized spacial score (nSPS) is 12.3. The van der Waals surface area contributed by atoms with Crippen molar-refractivity contribution >= 4 is 17.9 Å². The monoisotopic (exact) mass is 1160 g/mol. The van der Waals surface area contributed by atoms with Crippen LogP contribution in [0.4, 0.5) is 0 Å². The van der Waals surface area contributed by atoms with Crippen LogP contribution in [0.25, 0.3) is 0 Å². The minimum atomic E-state index is -0.780. The number of carbonyl (C=O) groups is 3. The molecule has 0 rings (SSSR count). The van der Waals surface area contributed by atoms with E-state index in [0.717, 1.165) is 96.3 Å². The van der Waals surface area contributed by atoms with E-state index in [9.17, 15) is 14.4 Å². The lowest BCUT2D eigenvalue weighted by Crippen LogP contribution is -2.30. The molecule has 0 aromatic rings. The van der Waals surface area contributed by atoms with Gasteiger partial charge >= 0.3 is 17.9 Å². The predicted molar refractivity (Wildman–Crippen MR) is 362 cm³/mol. The second-order valence-electron chi connectivity index (χ2n) is 25.2. The highest BCUT2D eigenvalue weighted by Gasteiger charge is 2.20. The molecule has 0 saturated heterocycles. The molecule has 83 heavy (non-hydrogen) atoms. The Kier molecular flexibility index (Phi) is 69.6. The van der Waals surface area contributed by atoms with E-state index in [1.807, 2.05) is 0 Å². The maximum Gasteiger partial charge on any atom is 0.306 e. The molecule has 0 aliphatic heterocycles. The summed E-state index contributed by atoms with van der Waals surface area (Å²) in [7, 11) is 0. The van der Waals surface area contributed by atoms with E-state index < -0.39 is 6.10 Å². The van der Waals surface area contributed by atoms with Crippen LogP contribution in [0.15, 0.2) is 48.6 Å². The van der Waals surface area contributed by atoms with Crippen LogP contribution in [0.2, 0.25) is 0 Å². The van der Waals surface area contributed by atoms with E-state index in [4.69, 9.17) is 14.2 Å². The Bertz CT molecular complexity index is 1430. The van der Waals surface area contributed by atoms with Crippen LogP contribution in [-0.2, 0) is 28.6 Å². The van der Waals surface area contributed by atoms with Crippen molar-refractivity contribution in [3.8, 4) is 0 Å². The van der Waals surface area contributed by atoms with Gasteiger partial charge in [-0.2, -0.15) is 0 Å². The van der Waals surface area contributed by atoms with Gasteiger partial charge in [0.15, 0.2) is 6.10 Å². The molecule has 0 radical (unpaired) electrons. The van der Waals surface area contributed by atoms with E-state index in [0.29, 0.717) is 19.3 Å². The number of hydrogen-bond acceptors (Lipinski definition) is 6. The minimum Gasteiger partial charge on any atom is -0.462 e. The van der Waals surface area contributed by atoms with Crippen LogP contribution in [0, 0.1) is 0 Å². The van der Waals surface area contributed by atoms with Crippen molar-refractivity contribution in [2.24, 2.45) is 0 Å². The highest BCUT2D eigenvalue weighted by molar-refractivity contribution is 5.71. The van der Waals surface area contributed by atoms with Gasteiger partial charge in [0.05, 0.1) is 0 Å². The minimum absolute atomic E-state index is 0.0736. The van der Waals surface area contributed by atoms with Gasteiger partial charge in [-0.05, 0) is 57.8 Å². The Morgan fingerprint density at radius 2 is 0.470 bits per heavy atom. The Balaban J connectivity index is 4.21. The summed E-state index contributed by atoms with van der Waals surface area (Å²) in [5, 5.41) is 0. The second kappa shape index (κ2) is 71.8. The van der Waals surface area contributed by atoms with Gasteiger partial charge in [0.2, 0.25) is 0 Å². The average Bonchev–Trinajstić information content (AvgIpc) is 3.49. The molecule has 0 fully saturated rings. The van der Waals surface area contributed by atoms with Gasteiger partial charge in [0.25, 0.3) is 0 Å². The number of rotatable bonds is 69. The third-order valence-corrected chi connectivity index (χ3v) is 16.8. The molecule has 0 aliphatic rings. The summed E-state index contributed by atoms with van der Waals surface area (Å²) in [4.78, 5) is 38.5. The molecular formula is C77H142O6. The molecule has 6 nitrogen and oxygen atoms in total. The molecule has 0 aromatic heterocycles. The Morgan fingerprint density at radius 3 is 0.735 bits per heavy atom. The zero-order valence-corrected chi connectivity index (χ0v) is 56.0. The zero-order valence-electron chi connectivity index (χ0n) is 56.0. The average molecular weight is 1160 g/mol. The molecule has 0 aromatic carbocycles. The lowest BCUT2D eigenvalue weighted by Gasteiger charge is -2.18. The van der Waals surface area contributed by atoms with E-state index in [1.54, 1.807) is 0 Å². The lowest BCUT2D eigenvalue weighted by molar-refractivity contribution is -0.167. The van der Waals surface area contributed by atoms with Crippen molar-refractivity contribution < 1.29 is 28.6 Å². The fourth-order valence-electron chi connectivity index (χ4n) is 11.3. The standard InChI is InChI=1S/C77H142O6/c1-4-7-10-13-16-19-22-25-28-31-33-34-35-36-37-38-39-40-41-42-43-45-46-49-52-55-58-61-64-67-70-76(79)82-73-74(72-81-75(78)69-66-63-60-57-54-51-48-30-27-24-21-18-15-12-9-6-3)83-77(80)71-68-65-62-59-56-53-50-47-44-32-29-26-23-20-17-14-11-8-5-2/h8,11,17,20,26,29,44,47,74H,4-7,9-10,12-16,18-19,21-25,27-28,30-43,45-46,48-73H2,1-3H3/b11-8-,20-17-,29-26-,47-44-. The van der Waals surface area contributed by atoms with Crippen LogP contribution >= 0.6 is 0 Å². The fraction of sp³-hybridized carbons (Fsp3) is 0.857. The van der Waals surface area contributed by atoms with Gasteiger partial charge in [-0.25, -0.2) is 0 Å². The van der Waals surface area contributed by atoms with Gasteiger partial charge in [0.1, 0.15) is 13.2 Å². The predicted octanol–water partition coefficient (Wildman–Crippen LogP) is 25.7. The Morgan fingerprint density at radius 1 is 0.253 bits per heavy atom. The molecular weight excluding hydrogens is 1020 g/mol. The molecule has 0 amide bonds. The molecule has 0 N–H and O–H groups in total. The molecule has 6 heteroatoms. The first-order valence-electron chi connectivity index (χ1n) is 37.1. The number of unbranched alkanes of at least 4 members (excludes halogenated alkanes) is 50. The van der Waals surface area contributed by atoms with Crippen molar-refractivity contribution in [3.63, 3.8) is 0 Å². The van der Waals surface area contributed by atoms with Crippen molar-refractivity contribution in [1.82, 2.24) is 0 Å². The van der Waals surface area contributed by atoms with Crippen molar-refractivity contribution in [2.45, 2.75) is 412 Å². The second-order valence-corrected chi connectivity index (χ2v) is 25.2. The molecule has 0 saturated carbocycles. The van der Waals surface area contributed by atoms with Crippen molar-refractivity contribution in [2.75, 3.05) is 13.2 Å². The van der Waals surface area contributed by atoms with Gasteiger partial charge in [-0.3, -0.25) is 14.4 Å². The number of hydrogen-bond donors (Lipinski definition) is 0.